The predicted molar refractivity (Wildman–Crippen MR) is 81.1 cm³/mol. The van der Waals surface area contributed by atoms with Gasteiger partial charge >= 0.3 is 0 Å². The number of benzene rings is 1. The van der Waals surface area contributed by atoms with Gasteiger partial charge in [0.2, 0.25) is 0 Å². The van der Waals surface area contributed by atoms with E-state index >= 15 is 0 Å². The SMILES string of the molecule is O=C(NCCN1CCNCC1)c1cc(F)cc2nccnc12. The van der Waals surface area contributed by atoms with Crippen molar-refractivity contribution in [2.24, 2.45) is 0 Å². The highest BCUT2D eigenvalue weighted by atomic mass is 19.1. The summed E-state index contributed by atoms with van der Waals surface area (Å²) < 4.78 is 13.6. The van der Waals surface area contributed by atoms with Crippen LogP contribution in [-0.4, -0.2) is 60.0 Å². The van der Waals surface area contributed by atoms with E-state index in [-0.39, 0.29) is 11.5 Å². The highest BCUT2D eigenvalue weighted by Gasteiger charge is 2.14. The highest BCUT2D eigenvalue weighted by Crippen LogP contribution is 2.16. The van der Waals surface area contributed by atoms with Crippen LogP contribution in [0.25, 0.3) is 11.0 Å². The lowest BCUT2D eigenvalue weighted by Crippen LogP contribution is -2.46. The molecule has 2 aromatic rings. The molecule has 1 fully saturated rings. The summed E-state index contributed by atoms with van der Waals surface area (Å²) in [6.45, 7) is 5.20. The predicted octanol–water partition coefficient (Wildman–Crippen LogP) is 0.404. The average Bonchev–Trinajstić information content (AvgIpc) is 2.55. The van der Waals surface area contributed by atoms with E-state index in [1.54, 1.807) is 0 Å². The number of hydrogen-bond donors (Lipinski definition) is 2. The first kappa shape index (κ1) is 14.8. The maximum Gasteiger partial charge on any atom is 0.253 e. The maximum atomic E-state index is 13.6. The summed E-state index contributed by atoms with van der Waals surface area (Å²) in [5, 5.41) is 6.11. The number of rotatable bonds is 4. The standard InChI is InChI=1S/C15H18FN5O/c16-11-9-12(14-13(10-11)18-1-2-19-14)15(22)20-5-8-21-6-3-17-4-7-21/h1-2,9-10,17H,3-8H2,(H,20,22). The lowest BCUT2D eigenvalue weighted by molar-refractivity contribution is 0.0948. The molecule has 2 N–H and O–H groups in total. The summed E-state index contributed by atoms with van der Waals surface area (Å²) >= 11 is 0. The molecular formula is C15H18FN5O. The molecule has 0 saturated carbocycles. The van der Waals surface area contributed by atoms with Crippen LogP contribution >= 0.6 is 0 Å². The Bertz CT molecular complexity index is 672. The minimum absolute atomic E-state index is 0.225. The van der Waals surface area contributed by atoms with Gasteiger partial charge in [0, 0.05) is 57.7 Å². The van der Waals surface area contributed by atoms with Crippen molar-refractivity contribution >= 4 is 16.9 Å². The Morgan fingerprint density at radius 1 is 1.27 bits per heavy atom. The molecule has 0 aliphatic carbocycles. The fourth-order valence-electron chi connectivity index (χ4n) is 2.57. The molecule has 1 amide bonds. The van der Waals surface area contributed by atoms with E-state index in [0.717, 1.165) is 32.7 Å². The van der Waals surface area contributed by atoms with E-state index in [0.29, 0.717) is 17.6 Å². The minimum Gasteiger partial charge on any atom is -0.351 e. The van der Waals surface area contributed by atoms with Gasteiger partial charge in [-0.15, -0.1) is 0 Å². The van der Waals surface area contributed by atoms with Crippen molar-refractivity contribution in [2.45, 2.75) is 0 Å². The first-order valence-electron chi connectivity index (χ1n) is 7.35. The zero-order valence-corrected chi connectivity index (χ0v) is 12.2. The van der Waals surface area contributed by atoms with Gasteiger partial charge in [-0.05, 0) is 6.07 Å². The van der Waals surface area contributed by atoms with E-state index in [1.807, 2.05) is 0 Å². The molecular weight excluding hydrogens is 285 g/mol. The number of hydrogen-bond acceptors (Lipinski definition) is 5. The van der Waals surface area contributed by atoms with Crippen LogP contribution in [0.4, 0.5) is 4.39 Å². The van der Waals surface area contributed by atoms with Crippen molar-refractivity contribution in [3.8, 4) is 0 Å². The van der Waals surface area contributed by atoms with Crippen LogP contribution in [-0.2, 0) is 0 Å². The van der Waals surface area contributed by atoms with Crippen LogP contribution in [0.1, 0.15) is 10.4 Å². The first-order valence-corrected chi connectivity index (χ1v) is 7.35. The topological polar surface area (TPSA) is 70.2 Å². The van der Waals surface area contributed by atoms with Crippen LogP contribution in [0, 0.1) is 5.82 Å². The summed E-state index contributed by atoms with van der Waals surface area (Å²) in [5.74, 6) is -0.805. The van der Waals surface area contributed by atoms with Crippen molar-refractivity contribution in [1.29, 1.82) is 0 Å². The third-order valence-corrected chi connectivity index (χ3v) is 3.71. The van der Waals surface area contributed by atoms with Gasteiger partial charge in [0.15, 0.2) is 0 Å². The summed E-state index contributed by atoms with van der Waals surface area (Å²) in [6.07, 6.45) is 2.98. The number of nitrogens with one attached hydrogen (secondary N) is 2. The molecule has 0 radical (unpaired) electrons. The van der Waals surface area contributed by atoms with Crippen LogP contribution in [0.5, 0.6) is 0 Å². The smallest absolute Gasteiger partial charge is 0.253 e. The van der Waals surface area contributed by atoms with Crippen molar-refractivity contribution in [1.82, 2.24) is 25.5 Å². The normalized spacial score (nSPS) is 15.9. The number of piperazine rings is 1. The van der Waals surface area contributed by atoms with Gasteiger partial charge in [0.05, 0.1) is 11.1 Å². The lowest BCUT2D eigenvalue weighted by Gasteiger charge is -2.27. The van der Waals surface area contributed by atoms with E-state index < -0.39 is 5.82 Å². The van der Waals surface area contributed by atoms with Crippen molar-refractivity contribution in [3.05, 3.63) is 35.9 Å². The highest BCUT2D eigenvalue weighted by molar-refractivity contribution is 6.04. The third-order valence-electron chi connectivity index (χ3n) is 3.71. The number of carbonyl (C=O) groups excluding carboxylic acids is 1. The summed E-state index contributed by atoms with van der Waals surface area (Å²) in [5.41, 5.74) is 1.03. The van der Waals surface area contributed by atoms with Gasteiger partial charge in [-0.2, -0.15) is 0 Å². The van der Waals surface area contributed by atoms with Crippen LogP contribution < -0.4 is 10.6 Å². The Balaban J connectivity index is 1.67. The maximum absolute atomic E-state index is 13.6. The average molecular weight is 303 g/mol. The summed E-state index contributed by atoms with van der Waals surface area (Å²) in [6, 6.07) is 2.48. The zero-order valence-electron chi connectivity index (χ0n) is 12.2. The van der Waals surface area contributed by atoms with Gasteiger partial charge in [-0.3, -0.25) is 19.7 Å². The van der Waals surface area contributed by atoms with E-state index in [1.165, 1.54) is 24.5 Å². The quantitative estimate of drug-likeness (QED) is 0.856. The number of amides is 1. The molecule has 1 aliphatic heterocycles. The summed E-state index contributed by atoms with van der Waals surface area (Å²) in [7, 11) is 0. The van der Waals surface area contributed by atoms with Gasteiger partial charge in [0.1, 0.15) is 11.3 Å². The second-order valence-corrected chi connectivity index (χ2v) is 5.22. The monoisotopic (exact) mass is 303 g/mol. The molecule has 0 atom stereocenters. The van der Waals surface area contributed by atoms with Gasteiger partial charge < -0.3 is 10.6 Å². The molecule has 0 bridgehead atoms. The molecule has 1 saturated heterocycles. The second-order valence-electron chi connectivity index (χ2n) is 5.22. The molecule has 7 heteroatoms. The largest absolute Gasteiger partial charge is 0.351 e. The van der Waals surface area contributed by atoms with Crippen molar-refractivity contribution in [3.63, 3.8) is 0 Å². The number of aromatic nitrogens is 2. The fourth-order valence-corrected chi connectivity index (χ4v) is 2.57. The Kier molecular flexibility index (Phi) is 4.55. The first-order chi connectivity index (χ1) is 10.7. The van der Waals surface area contributed by atoms with Crippen LogP contribution in [0.2, 0.25) is 0 Å². The van der Waals surface area contributed by atoms with Crippen molar-refractivity contribution < 1.29 is 9.18 Å². The number of halogens is 1. The molecule has 22 heavy (non-hydrogen) atoms. The Labute approximate surface area is 127 Å². The summed E-state index contributed by atoms with van der Waals surface area (Å²) in [4.78, 5) is 22.7. The van der Waals surface area contributed by atoms with Gasteiger partial charge in [-0.1, -0.05) is 0 Å². The van der Waals surface area contributed by atoms with Gasteiger partial charge in [-0.25, -0.2) is 4.39 Å². The molecule has 2 heterocycles. The molecule has 0 spiro atoms. The molecule has 6 nitrogen and oxygen atoms in total. The van der Waals surface area contributed by atoms with E-state index in [4.69, 9.17) is 0 Å². The number of carbonyl (C=O) groups is 1. The third kappa shape index (κ3) is 3.37. The molecule has 0 unspecified atom stereocenters. The van der Waals surface area contributed by atoms with Crippen LogP contribution in [0.15, 0.2) is 24.5 Å². The number of fused-ring (bicyclic) bond motifs is 1. The van der Waals surface area contributed by atoms with E-state index in [2.05, 4.69) is 25.5 Å². The molecule has 3 rings (SSSR count). The molecule has 1 aromatic carbocycles. The van der Waals surface area contributed by atoms with E-state index in [9.17, 15) is 9.18 Å². The Morgan fingerprint density at radius 3 is 2.86 bits per heavy atom. The van der Waals surface area contributed by atoms with Crippen molar-refractivity contribution in [2.75, 3.05) is 39.3 Å². The minimum atomic E-state index is -0.486. The zero-order chi connectivity index (χ0) is 15.4. The molecule has 116 valence electrons. The van der Waals surface area contributed by atoms with Crippen LogP contribution in [0.3, 0.4) is 0 Å². The van der Waals surface area contributed by atoms with Gasteiger partial charge in [0.25, 0.3) is 5.91 Å². The molecule has 1 aromatic heterocycles. The Hall–Kier alpha value is -2.12. The second kappa shape index (κ2) is 6.76. The molecule has 1 aliphatic rings. The lowest BCUT2D eigenvalue weighted by atomic mass is 10.1. The Morgan fingerprint density at radius 2 is 2.05 bits per heavy atom. The fraction of sp³-hybridized carbons (Fsp3) is 0.400. The number of nitrogens with zero attached hydrogens (tertiary/aromatic N) is 3.